The van der Waals surface area contributed by atoms with Crippen LogP contribution in [0.5, 0.6) is 0 Å². The summed E-state index contributed by atoms with van der Waals surface area (Å²) in [6.07, 6.45) is 1.09. The number of carbonyl (C=O) groups excluding carboxylic acids is 1. The van der Waals surface area contributed by atoms with Crippen LogP contribution < -0.4 is 5.32 Å². The molecule has 1 aliphatic rings. The second kappa shape index (κ2) is 8.73. The van der Waals surface area contributed by atoms with Gasteiger partial charge in [0.15, 0.2) is 0 Å². The molecule has 0 bridgehead atoms. The van der Waals surface area contributed by atoms with E-state index in [0.717, 1.165) is 4.47 Å². The van der Waals surface area contributed by atoms with Crippen LogP contribution in [-0.4, -0.2) is 47.6 Å². The number of ether oxygens (including phenoxy) is 1. The molecule has 0 spiro atoms. The van der Waals surface area contributed by atoms with Gasteiger partial charge in [-0.2, -0.15) is 0 Å². The van der Waals surface area contributed by atoms with Gasteiger partial charge in [0.1, 0.15) is 5.60 Å². The molecule has 30 heavy (non-hydrogen) atoms. The number of halogens is 1. The lowest BCUT2D eigenvalue weighted by atomic mass is 9.76. The lowest BCUT2D eigenvalue weighted by molar-refractivity contribution is 0.00578. The highest BCUT2D eigenvalue weighted by Gasteiger charge is 2.52. The fraction of sp³-hybridized carbons (Fsp3) is 0.524. The van der Waals surface area contributed by atoms with Gasteiger partial charge in [0.25, 0.3) is 0 Å². The number of aromatic carboxylic acids is 1. The minimum atomic E-state index is -1.05. The fourth-order valence-electron chi connectivity index (χ4n) is 2.73. The quantitative estimate of drug-likeness (QED) is 0.592. The molecule has 1 saturated heterocycles. The highest BCUT2D eigenvalue weighted by molar-refractivity contribution is 9.10. The molecule has 1 fully saturated rings. The number of rotatable bonds is 5. The molecule has 1 aromatic carbocycles. The van der Waals surface area contributed by atoms with E-state index in [2.05, 4.69) is 21.2 Å². The van der Waals surface area contributed by atoms with Gasteiger partial charge < -0.3 is 24.5 Å². The lowest BCUT2D eigenvalue weighted by Crippen LogP contribution is -2.41. The van der Waals surface area contributed by atoms with Gasteiger partial charge in [-0.25, -0.2) is 9.59 Å². The van der Waals surface area contributed by atoms with Crippen molar-refractivity contribution in [3.63, 3.8) is 0 Å². The zero-order chi connectivity index (χ0) is 22.9. The number of carbonyl (C=O) groups is 2. The average molecular weight is 482 g/mol. The molecule has 2 rings (SSSR count). The van der Waals surface area contributed by atoms with Crippen LogP contribution in [0.1, 0.15) is 64.4 Å². The third-order valence-electron chi connectivity index (χ3n) is 4.98. The molecule has 0 atom stereocenters. The molecule has 0 aliphatic carbocycles. The molecule has 9 heteroatoms. The van der Waals surface area contributed by atoms with E-state index in [-0.39, 0.29) is 12.1 Å². The molecule has 1 aromatic rings. The first-order valence-corrected chi connectivity index (χ1v) is 10.5. The van der Waals surface area contributed by atoms with Crippen LogP contribution in [-0.2, 0) is 14.0 Å². The summed E-state index contributed by atoms with van der Waals surface area (Å²) in [5, 5.41) is 12.3. The predicted molar refractivity (Wildman–Crippen MR) is 119 cm³/mol. The van der Waals surface area contributed by atoms with Crippen LogP contribution in [0.15, 0.2) is 28.1 Å². The summed E-state index contributed by atoms with van der Waals surface area (Å²) < 4.78 is 18.3. The maximum absolute atomic E-state index is 12.2. The third-order valence-corrected chi connectivity index (χ3v) is 5.47. The van der Waals surface area contributed by atoms with E-state index in [4.69, 9.17) is 14.0 Å². The van der Waals surface area contributed by atoms with Crippen molar-refractivity contribution >= 4 is 41.2 Å². The van der Waals surface area contributed by atoms with Gasteiger partial charge in [0.2, 0.25) is 0 Å². The van der Waals surface area contributed by atoms with E-state index in [1.54, 1.807) is 39.0 Å². The SMILES string of the molecule is CC(C)(C)OC(=O)NCC(=Cc1cc(Br)ccc1C(=O)O)B1OC(C)(C)C(C)(C)O1. The van der Waals surface area contributed by atoms with E-state index in [9.17, 15) is 14.7 Å². The van der Waals surface area contributed by atoms with E-state index < -0.39 is 36.0 Å². The number of nitrogens with one attached hydrogen (secondary N) is 1. The number of carboxylic acids is 1. The van der Waals surface area contributed by atoms with Crippen LogP contribution in [0.4, 0.5) is 4.79 Å². The Morgan fingerprint density at radius 2 is 1.77 bits per heavy atom. The Bertz CT molecular complexity index is 844. The summed E-state index contributed by atoms with van der Waals surface area (Å²) in [7, 11) is -0.759. The molecular weight excluding hydrogens is 453 g/mol. The van der Waals surface area contributed by atoms with Crippen molar-refractivity contribution in [2.45, 2.75) is 65.3 Å². The van der Waals surface area contributed by atoms with Gasteiger partial charge in [0.05, 0.1) is 16.8 Å². The number of hydrogen-bond acceptors (Lipinski definition) is 5. The summed E-state index contributed by atoms with van der Waals surface area (Å²) in [6.45, 7) is 13.1. The van der Waals surface area contributed by atoms with Crippen LogP contribution >= 0.6 is 15.9 Å². The fourth-order valence-corrected chi connectivity index (χ4v) is 3.11. The van der Waals surface area contributed by atoms with Crippen LogP contribution in [0.3, 0.4) is 0 Å². The van der Waals surface area contributed by atoms with E-state index in [1.807, 2.05) is 27.7 Å². The maximum Gasteiger partial charge on any atom is 0.492 e. The molecule has 0 saturated carbocycles. The number of hydrogen-bond donors (Lipinski definition) is 2. The predicted octanol–water partition coefficient (Wildman–Crippen LogP) is 4.69. The first-order chi connectivity index (χ1) is 13.6. The third kappa shape index (κ3) is 6.09. The Labute approximate surface area is 186 Å². The Balaban J connectivity index is 2.40. The van der Waals surface area contributed by atoms with Gasteiger partial charge in [-0.05, 0) is 77.7 Å². The second-order valence-corrected chi connectivity index (χ2v) is 10.1. The molecule has 1 heterocycles. The highest BCUT2D eigenvalue weighted by atomic mass is 79.9. The van der Waals surface area contributed by atoms with Crippen molar-refractivity contribution in [2.75, 3.05) is 6.54 Å². The highest BCUT2D eigenvalue weighted by Crippen LogP contribution is 2.39. The summed E-state index contributed by atoms with van der Waals surface area (Å²) in [5.41, 5.74) is -0.651. The van der Waals surface area contributed by atoms with E-state index in [1.165, 1.54) is 6.07 Å². The van der Waals surface area contributed by atoms with Gasteiger partial charge in [-0.1, -0.05) is 22.0 Å². The van der Waals surface area contributed by atoms with Crippen LogP contribution in [0, 0.1) is 0 Å². The molecule has 0 aromatic heterocycles. The van der Waals surface area contributed by atoms with Gasteiger partial charge >= 0.3 is 19.2 Å². The lowest BCUT2D eigenvalue weighted by Gasteiger charge is -2.32. The van der Waals surface area contributed by atoms with E-state index >= 15 is 0 Å². The monoisotopic (exact) mass is 481 g/mol. The Hall–Kier alpha value is -1.84. The number of carboxylic acid groups (broad SMARTS) is 1. The van der Waals surface area contributed by atoms with Crippen molar-refractivity contribution < 1.29 is 28.7 Å². The summed E-state index contributed by atoms with van der Waals surface area (Å²) >= 11 is 3.38. The van der Waals surface area contributed by atoms with Crippen LogP contribution in [0.25, 0.3) is 6.08 Å². The minimum Gasteiger partial charge on any atom is -0.478 e. The molecule has 0 unspecified atom stereocenters. The van der Waals surface area contributed by atoms with Gasteiger partial charge in [0, 0.05) is 11.0 Å². The van der Waals surface area contributed by atoms with E-state index in [0.29, 0.717) is 11.0 Å². The maximum atomic E-state index is 12.2. The Morgan fingerprint density at radius 3 is 2.27 bits per heavy atom. The molecule has 7 nitrogen and oxygen atoms in total. The van der Waals surface area contributed by atoms with Gasteiger partial charge in [-0.15, -0.1) is 0 Å². The Morgan fingerprint density at radius 1 is 1.20 bits per heavy atom. The molecule has 164 valence electrons. The summed E-state index contributed by atoms with van der Waals surface area (Å²) in [6, 6.07) is 4.87. The van der Waals surface area contributed by atoms with Crippen molar-refractivity contribution in [1.82, 2.24) is 5.32 Å². The number of amides is 1. The van der Waals surface area contributed by atoms with Crippen LogP contribution in [0.2, 0.25) is 0 Å². The van der Waals surface area contributed by atoms with Crippen molar-refractivity contribution in [3.05, 3.63) is 39.3 Å². The minimum absolute atomic E-state index is 0.0668. The van der Waals surface area contributed by atoms with Gasteiger partial charge in [-0.3, -0.25) is 0 Å². The topological polar surface area (TPSA) is 94.1 Å². The number of benzene rings is 1. The molecule has 1 aliphatic heterocycles. The molecular formula is C21H29BBrNO6. The zero-order valence-electron chi connectivity index (χ0n) is 18.5. The average Bonchev–Trinajstić information content (AvgIpc) is 2.77. The number of alkyl carbamates (subject to hydrolysis) is 1. The summed E-state index contributed by atoms with van der Waals surface area (Å²) in [5.74, 6) is -1.05. The Kier molecular flexibility index (Phi) is 7.11. The molecule has 2 N–H and O–H groups in total. The largest absolute Gasteiger partial charge is 0.492 e. The normalized spacial score (nSPS) is 18.3. The standard InChI is InChI=1S/C21H29BBrNO6/c1-19(2,3)28-18(27)24-12-14(22-29-20(4,5)21(6,7)30-22)10-13-11-15(23)8-9-16(13)17(25)26/h8-11H,12H2,1-7H3,(H,24,27)(H,25,26). The first kappa shape index (κ1) is 24.4. The molecule has 1 amide bonds. The summed E-state index contributed by atoms with van der Waals surface area (Å²) in [4.78, 5) is 23.8. The van der Waals surface area contributed by atoms with Crippen molar-refractivity contribution in [2.24, 2.45) is 0 Å². The first-order valence-electron chi connectivity index (χ1n) is 9.67. The second-order valence-electron chi connectivity index (χ2n) is 9.20. The smallest absolute Gasteiger partial charge is 0.478 e. The van der Waals surface area contributed by atoms with Crippen molar-refractivity contribution in [1.29, 1.82) is 0 Å². The zero-order valence-corrected chi connectivity index (χ0v) is 20.0. The van der Waals surface area contributed by atoms with Crippen molar-refractivity contribution in [3.8, 4) is 0 Å². The molecule has 0 radical (unpaired) electrons.